The van der Waals surface area contributed by atoms with Crippen molar-refractivity contribution in [2.75, 3.05) is 32.8 Å². The number of hydrogen-bond acceptors (Lipinski definition) is 3. The van der Waals surface area contributed by atoms with Crippen LogP contribution in [-0.4, -0.2) is 60.5 Å². The number of likely N-dealkylation sites (tertiary alicyclic amines) is 1. The summed E-state index contributed by atoms with van der Waals surface area (Å²) in [6.45, 7) is 5.41. The third-order valence-corrected chi connectivity index (χ3v) is 4.97. The number of amides is 2. The minimum absolute atomic E-state index is 0.104. The van der Waals surface area contributed by atoms with Crippen LogP contribution in [-0.2, 0) is 14.3 Å². The highest BCUT2D eigenvalue weighted by molar-refractivity contribution is 5.87. The minimum Gasteiger partial charge on any atom is -0.376 e. The molecule has 5 nitrogen and oxygen atoms in total. The number of ether oxygens (including phenoxy) is 1. The second-order valence-corrected chi connectivity index (χ2v) is 6.76. The van der Waals surface area contributed by atoms with Crippen molar-refractivity contribution >= 4 is 11.8 Å². The zero-order valence-corrected chi connectivity index (χ0v) is 12.9. The maximum Gasteiger partial charge on any atom is 0.242 e. The Morgan fingerprint density at radius 1 is 1.24 bits per heavy atom. The predicted octanol–water partition coefficient (Wildman–Crippen LogP) is 1.27. The smallest absolute Gasteiger partial charge is 0.242 e. The van der Waals surface area contributed by atoms with Gasteiger partial charge in [0.05, 0.1) is 12.6 Å². The monoisotopic (exact) mass is 294 g/mol. The fourth-order valence-corrected chi connectivity index (χ4v) is 3.40. The maximum absolute atomic E-state index is 12.6. The van der Waals surface area contributed by atoms with E-state index < -0.39 is 0 Å². The van der Waals surface area contributed by atoms with E-state index in [9.17, 15) is 9.59 Å². The number of carbonyl (C=O) groups excluding carboxylic acids is 2. The van der Waals surface area contributed by atoms with Crippen LogP contribution in [0.4, 0.5) is 0 Å². The van der Waals surface area contributed by atoms with Gasteiger partial charge in [0.2, 0.25) is 11.8 Å². The molecule has 3 fully saturated rings. The Labute approximate surface area is 126 Å². The van der Waals surface area contributed by atoms with E-state index in [1.807, 2.05) is 4.90 Å². The van der Waals surface area contributed by atoms with Crippen LogP contribution in [0.5, 0.6) is 0 Å². The van der Waals surface area contributed by atoms with Crippen molar-refractivity contribution in [1.82, 2.24) is 9.80 Å². The lowest BCUT2D eigenvalue weighted by Gasteiger charge is -2.27. The van der Waals surface area contributed by atoms with Crippen LogP contribution >= 0.6 is 0 Å². The van der Waals surface area contributed by atoms with Gasteiger partial charge in [-0.3, -0.25) is 9.59 Å². The molecule has 2 amide bonds. The van der Waals surface area contributed by atoms with Crippen LogP contribution in [0.3, 0.4) is 0 Å². The first-order valence-electron chi connectivity index (χ1n) is 8.33. The Morgan fingerprint density at radius 2 is 1.95 bits per heavy atom. The third-order valence-electron chi connectivity index (χ3n) is 4.97. The molecule has 1 saturated carbocycles. The molecule has 3 rings (SSSR count). The van der Waals surface area contributed by atoms with Gasteiger partial charge in [0.25, 0.3) is 0 Å². The van der Waals surface area contributed by atoms with Crippen molar-refractivity contribution in [1.29, 1.82) is 0 Å². The zero-order chi connectivity index (χ0) is 14.8. The number of hydrogen-bond donors (Lipinski definition) is 0. The first-order chi connectivity index (χ1) is 10.1. The Balaban J connectivity index is 1.59. The molecule has 3 aliphatic rings. The molecular formula is C16H26N2O3. The Morgan fingerprint density at radius 3 is 2.52 bits per heavy atom. The predicted molar refractivity (Wildman–Crippen MR) is 78.6 cm³/mol. The van der Waals surface area contributed by atoms with Crippen molar-refractivity contribution in [3.8, 4) is 0 Å². The largest absolute Gasteiger partial charge is 0.376 e. The van der Waals surface area contributed by atoms with Gasteiger partial charge in [0.15, 0.2) is 0 Å². The molecule has 0 N–H and O–H groups in total. The fourth-order valence-electron chi connectivity index (χ4n) is 3.40. The van der Waals surface area contributed by atoms with Crippen molar-refractivity contribution < 1.29 is 14.3 Å². The van der Waals surface area contributed by atoms with E-state index in [1.165, 1.54) is 0 Å². The molecule has 21 heavy (non-hydrogen) atoms. The molecule has 5 heteroatoms. The summed E-state index contributed by atoms with van der Waals surface area (Å²) in [5.41, 5.74) is 0. The van der Waals surface area contributed by atoms with E-state index >= 15 is 0 Å². The fraction of sp³-hybridized carbons (Fsp3) is 0.875. The first kappa shape index (κ1) is 14.8. The van der Waals surface area contributed by atoms with E-state index in [-0.39, 0.29) is 30.4 Å². The van der Waals surface area contributed by atoms with Gasteiger partial charge in [0, 0.05) is 32.2 Å². The van der Waals surface area contributed by atoms with Crippen LogP contribution in [0, 0.1) is 11.8 Å². The van der Waals surface area contributed by atoms with E-state index in [0.717, 1.165) is 51.8 Å². The lowest BCUT2D eigenvalue weighted by Crippen LogP contribution is -2.45. The number of rotatable bonds is 5. The SMILES string of the molecule is CC1CC1C(=O)N(CC(=O)N1CCCC1)CC1CCCO1. The van der Waals surface area contributed by atoms with Crippen molar-refractivity contribution in [3.05, 3.63) is 0 Å². The topological polar surface area (TPSA) is 49.9 Å². The van der Waals surface area contributed by atoms with Crippen molar-refractivity contribution in [3.63, 3.8) is 0 Å². The molecule has 2 heterocycles. The average molecular weight is 294 g/mol. The molecule has 2 saturated heterocycles. The Hall–Kier alpha value is -1.10. The maximum atomic E-state index is 12.6. The summed E-state index contributed by atoms with van der Waals surface area (Å²) in [6.07, 6.45) is 5.33. The number of carbonyl (C=O) groups is 2. The van der Waals surface area contributed by atoms with Crippen molar-refractivity contribution in [2.24, 2.45) is 11.8 Å². The van der Waals surface area contributed by atoms with Gasteiger partial charge in [-0.2, -0.15) is 0 Å². The summed E-state index contributed by atoms with van der Waals surface area (Å²) in [5, 5.41) is 0. The van der Waals surface area contributed by atoms with Gasteiger partial charge in [-0.25, -0.2) is 0 Å². The van der Waals surface area contributed by atoms with Crippen LogP contribution in [0.2, 0.25) is 0 Å². The lowest BCUT2D eigenvalue weighted by molar-refractivity contribution is -0.142. The third kappa shape index (κ3) is 3.57. The highest BCUT2D eigenvalue weighted by Gasteiger charge is 2.42. The van der Waals surface area contributed by atoms with Crippen LogP contribution in [0.25, 0.3) is 0 Å². The van der Waals surface area contributed by atoms with E-state index in [4.69, 9.17) is 4.74 Å². The highest BCUT2D eigenvalue weighted by atomic mass is 16.5. The van der Waals surface area contributed by atoms with Gasteiger partial charge < -0.3 is 14.5 Å². The number of nitrogens with zero attached hydrogens (tertiary/aromatic N) is 2. The zero-order valence-electron chi connectivity index (χ0n) is 12.9. The average Bonchev–Trinajstić information content (AvgIpc) is 2.95. The second-order valence-electron chi connectivity index (χ2n) is 6.76. The second kappa shape index (κ2) is 6.34. The summed E-state index contributed by atoms with van der Waals surface area (Å²) < 4.78 is 5.65. The van der Waals surface area contributed by atoms with Gasteiger partial charge in [-0.15, -0.1) is 0 Å². The summed E-state index contributed by atoms with van der Waals surface area (Å²) >= 11 is 0. The molecule has 0 radical (unpaired) electrons. The first-order valence-corrected chi connectivity index (χ1v) is 8.33. The molecule has 1 aliphatic carbocycles. The molecule has 0 spiro atoms. The van der Waals surface area contributed by atoms with E-state index in [2.05, 4.69) is 6.92 Å². The summed E-state index contributed by atoms with van der Waals surface area (Å²) in [4.78, 5) is 28.6. The standard InChI is InChI=1S/C16H26N2O3/c1-12-9-14(12)16(20)18(10-13-5-4-8-21-13)11-15(19)17-6-2-3-7-17/h12-14H,2-11H2,1H3. The van der Waals surface area contributed by atoms with E-state index in [1.54, 1.807) is 4.90 Å². The molecule has 2 aliphatic heterocycles. The summed E-state index contributed by atoms with van der Waals surface area (Å²) in [7, 11) is 0. The highest BCUT2D eigenvalue weighted by Crippen LogP contribution is 2.39. The van der Waals surface area contributed by atoms with Crippen LogP contribution in [0.1, 0.15) is 39.0 Å². The molecule has 118 valence electrons. The molecule has 3 unspecified atom stereocenters. The van der Waals surface area contributed by atoms with Gasteiger partial charge >= 0.3 is 0 Å². The molecule has 0 aromatic rings. The summed E-state index contributed by atoms with van der Waals surface area (Å²) in [5.74, 6) is 0.877. The molecule has 0 aromatic carbocycles. The van der Waals surface area contributed by atoms with E-state index in [0.29, 0.717) is 12.5 Å². The molecule has 0 aromatic heterocycles. The van der Waals surface area contributed by atoms with Crippen LogP contribution < -0.4 is 0 Å². The normalized spacial score (nSPS) is 31.5. The van der Waals surface area contributed by atoms with Gasteiger partial charge in [-0.05, 0) is 38.0 Å². The van der Waals surface area contributed by atoms with Crippen molar-refractivity contribution in [2.45, 2.75) is 45.1 Å². The Kier molecular flexibility index (Phi) is 4.48. The minimum atomic E-state index is 0.104. The quantitative estimate of drug-likeness (QED) is 0.767. The summed E-state index contributed by atoms with van der Waals surface area (Å²) in [6, 6.07) is 0. The lowest BCUT2D eigenvalue weighted by atomic mass is 10.2. The Bertz CT molecular complexity index is 400. The van der Waals surface area contributed by atoms with Crippen LogP contribution in [0.15, 0.2) is 0 Å². The van der Waals surface area contributed by atoms with Gasteiger partial charge in [-0.1, -0.05) is 6.92 Å². The van der Waals surface area contributed by atoms with Gasteiger partial charge in [0.1, 0.15) is 0 Å². The molecule has 0 bridgehead atoms. The molecular weight excluding hydrogens is 268 g/mol. The molecule has 3 atom stereocenters.